The Morgan fingerprint density at radius 1 is 0.879 bits per heavy atom. The van der Waals surface area contributed by atoms with E-state index in [2.05, 4.69) is 15.6 Å². The van der Waals surface area contributed by atoms with Gasteiger partial charge in [-0.05, 0) is 47.5 Å². The minimum atomic E-state index is -1.00. The highest BCUT2D eigenvalue weighted by Crippen LogP contribution is 2.12. The minimum absolute atomic E-state index is 0.183. The SMILES string of the molecule is O=C(O)c1ccc(CNC(=O)c2ccn3cc(C(=O)NCc4cccc(Cl)c4)nc3c2)cc1. The van der Waals surface area contributed by atoms with E-state index >= 15 is 0 Å². The summed E-state index contributed by atoms with van der Waals surface area (Å²) in [4.78, 5) is 40.3. The number of carboxylic acid groups (broad SMARTS) is 1. The normalized spacial score (nSPS) is 10.7. The van der Waals surface area contributed by atoms with Crippen molar-refractivity contribution in [3.63, 3.8) is 0 Å². The number of imidazole rings is 1. The van der Waals surface area contributed by atoms with Crippen LogP contribution in [0, 0.1) is 0 Å². The second kappa shape index (κ2) is 9.54. The summed E-state index contributed by atoms with van der Waals surface area (Å²) in [6.07, 6.45) is 3.25. The van der Waals surface area contributed by atoms with E-state index in [0.717, 1.165) is 11.1 Å². The van der Waals surface area contributed by atoms with E-state index in [-0.39, 0.29) is 29.6 Å². The van der Waals surface area contributed by atoms with Gasteiger partial charge in [0.15, 0.2) is 0 Å². The van der Waals surface area contributed by atoms with Crippen molar-refractivity contribution in [3.8, 4) is 0 Å². The van der Waals surface area contributed by atoms with Crippen LogP contribution in [0.1, 0.15) is 42.3 Å². The number of aromatic nitrogens is 2. The summed E-state index contributed by atoms with van der Waals surface area (Å²) < 4.78 is 1.66. The quantitative estimate of drug-likeness (QED) is 0.389. The molecule has 9 heteroatoms. The number of hydrogen-bond donors (Lipinski definition) is 3. The molecule has 166 valence electrons. The van der Waals surface area contributed by atoms with E-state index in [0.29, 0.717) is 22.8 Å². The zero-order valence-electron chi connectivity index (χ0n) is 17.3. The molecule has 0 atom stereocenters. The Balaban J connectivity index is 1.39. The third-order valence-electron chi connectivity index (χ3n) is 4.95. The third kappa shape index (κ3) is 5.36. The van der Waals surface area contributed by atoms with E-state index in [1.54, 1.807) is 53.2 Å². The lowest BCUT2D eigenvalue weighted by Gasteiger charge is -2.06. The van der Waals surface area contributed by atoms with Crippen LogP contribution in [0.2, 0.25) is 5.02 Å². The Labute approximate surface area is 193 Å². The van der Waals surface area contributed by atoms with Gasteiger partial charge in [-0.15, -0.1) is 0 Å². The number of fused-ring (bicyclic) bond motifs is 1. The number of nitrogens with one attached hydrogen (secondary N) is 2. The van der Waals surface area contributed by atoms with E-state index in [1.807, 2.05) is 12.1 Å². The molecule has 4 rings (SSSR count). The van der Waals surface area contributed by atoms with Gasteiger partial charge in [-0.2, -0.15) is 0 Å². The largest absolute Gasteiger partial charge is 0.478 e. The predicted molar refractivity (Wildman–Crippen MR) is 122 cm³/mol. The third-order valence-corrected chi connectivity index (χ3v) is 5.19. The summed E-state index contributed by atoms with van der Waals surface area (Å²) >= 11 is 5.96. The monoisotopic (exact) mass is 462 g/mol. The second-order valence-corrected chi connectivity index (χ2v) is 7.74. The Morgan fingerprint density at radius 2 is 1.61 bits per heavy atom. The maximum absolute atomic E-state index is 12.5. The molecule has 0 fully saturated rings. The molecule has 8 nitrogen and oxygen atoms in total. The number of carbonyl (C=O) groups excluding carboxylic acids is 2. The van der Waals surface area contributed by atoms with Gasteiger partial charge in [-0.1, -0.05) is 35.9 Å². The lowest BCUT2D eigenvalue weighted by Crippen LogP contribution is -2.23. The van der Waals surface area contributed by atoms with Gasteiger partial charge >= 0.3 is 5.97 Å². The van der Waals surface area contributed by atoms with Gasteiger partial charge in [0.1, 0.15) is 11.3 Å². The Morgan fingerprint density at radius 3 is 2.33 bits per heavy atom. The van der Waals surface area contributed by atoms with E-state index in [1.165, 1.54) is 12.1 Å². The fourth-order valence-corrected chi connectivity index (χ4v) is 3.41. The minimum Gasteiger partial charge on any atom is -0.478 e. The first-order valence-electron chi connectivity index (χ1n) is 10.0. The van der Waals surface area contributed by atoms with Gasteiger partial charge < -0.3 is 20.1 Å². The van der Waals surface area contributed by atoms with Crippen molar-refractivity contribution in [1.82, 2.24) is 20.0 Å². The van der Waals surface area contributed by atoms with Crippen LogP contribution >= 0.6 is 11.6 Å². The zero-order chi connectivity index (χ0) is 23.4. The summed E-state index contributed by atoms with van der Waals surface area (Å²) in [7, 11) is 0. The molecule has 0 aliphatic heterocycles. The molecule has 3 N–H and O–H groups in total. The number of halogens is 1. The molecule has 0 bridgehead atoms. The maximum Gasteiger partial charge on any atom is 0.335 e. The van der Waals surface area contributed by atoms with Gasteiger partial charge in [-0.25, -0.2) is 9.78 Å². The number of nitrogens with zero attached hydrogens (tertiary/aromatic N) is 2. The number of hydrogen-bond acceptors (Lipinski definition) is 4. The van der Waals surface area contributed by atoms with Crippen molar-refractivity contribution < 1.29 is 19.5 Å². The number of carboxylic acids is 1. The molecule has 0 unspecified atom stereocenters. The Hall–Kier alpha value is -4.17. The van der Waals surface area contributed by atoms with Crippen LogP contribution in [-0.2, 0) is 13.1 Å². The van der Waals surface area contributed by atoms with Gasteiger partial charge in [0.25, 0.3) is 11.8 Å². The summed E-state index contributed by atoms with van der Waals surface area (Å²) in [5, 5.41) is 15.1. The first-order valence-corrected chi connectivity index (χ1v) is 10.4. The molecule has 2 aromatic heterocycles. The second-order valence-electron chi connectivity index (χ2n) is 7.30. The van der Waals surface area contributed by atoms with Crippen LogP contribution in [0.15, 0.2) is 73.1 Å². The molecule has 2 aromatic carbocycles. The van der Waals surface area contributed by atoms with Crippen molar-refractivity contribution in [1.29, 1.82) is 0 Å². The van der Waals surface area contributed by atoms with Crippen molar-refractivity contribution in [3.05, 3.63) is 106 Å². The summed E-state index contributed by atoms with van der Waals surface area (Å²) in [5.74, 6) is -1.65. The highest BCUT2D eigenvalue weighted by Gasteiger charge is 2.13. The molecule has 0 radical (unpaired) electrons. The molecule has 0 aliphatic rings. The molecular formula is C24H19ClN4O4. The molecule has 0 saturated carbocycles. The maximum atomic E-state index is 12.5. The highest BCUT2D eigenvalue weighted by atomic mass is 35.5. The van der Waals surface area contributed by atoms with Crippen molar-refractivity contribution in [2.45, 2.75) is 13.1 Å². The number of carbonyl (C=O) groups is 3. The number of benzene rings is 2. The van der Waals surface area contributed by atoms with Crippen LogP contribution in [0.3, 0.4) is 0 Å². The lowest BCUT2D eigenvalue weighted by molar-refractivity contribution is 0.0696. The summed E-state index contributed by atoms with van der Waals surface area (Å²) in [6.45, 7) is 0.559. The smallest absolute Gasteiger partial charge is 0.335 e. The Kier molecular flexibility index (Phi) is 6.37. The fraction of sp³-hybridized carbons (Fsp3) is 0.0833. The van der Waals surface area contributed by atoms with E-state index in [4.69, 9.17) is 16.7 Å². The molecule has 33 heavy (non-hydrogen) atoms. The van der Waals surface area contributed by atoms with Crippen LogP contribution in [0.5, 0.6) is 0 Å². The van der Waals surface area contributed by atoms with E-state index < -0.39 is 5.97 Å². The highest BCUT2D eigenvalue weighted by molar-refractivity contribution is 6.30. The summed E-state index contributed by atoms with van der Waals surface area (Å²) in [6, 6.07) is 16.7. The fourth-order valence-electron chi connectivity index (χ4n) is 3.20. The average Bonchev–Trinajstić information content (AvgIpc) is 3.25. The standard InChI is InChI=1S/C24H19ClN4O4/c25-19-3-1-2-16(10-19)13-27-23(31)20-14-29-9-8-18(11-21(29)28-20)22(30)26-12-15-4-6-17(7-5-15)24(32)33/h1-11,14H,12-13H2,(H,26,30)(H,27,31)(H,32,33). The topological polar surface area (TPSA) is 113 Å². The zero-order valence-corrected chi connectivity index (χ0v) is 18.0. The van der Waals surface area contributed by atoms with Crippen LogP contribution in [-0.4, -0.2) is 32.3 Å². The molecule has 2 heterocycles. The van der Waals surface area contributed by atoms with Crippen molar-refractivity contribution in [2.75, 3.05) is 0 Å². The van der Waals surface area contributed by atoms with Gasteiger partial charge in [0.2, 0.25) is 0 Å². The summed E-state index contributed by atoms with van der Waals surface area (Å²) in [5.41, 5.74) is 2.91. The first-order chi connectivity index (χ1) is 15.9. The van der Waals surface area contributed by atoms with Crippen molar-refractivity contribution in [2.24, 2.45) is 0 Å². The van der Waals surface area contributed by atoms with Gasteiger partial charge in [0.05, 0.1) is 5.56 Å². The number of rotatable bonds is 7. The van der Waals surface area contributed by atoms with Gasteiger partial charge in [-0.3, -0.25) is 9.59 Å². The number of aromatic carboxylic acids is 1. The first kappa shape index (κ1) is 22.0. The molecule has 0 saturated heterocycles. The Bertz CT molecular complexity index is 1350. The van der Waals surface area contributed by atoms with E-state index in [9.17, 15) is 14.4 Å². The number of amides is 2. The van der Waals surface area contributed by atoms with Crippen LogP contribution < -0.4 is 10.6 Å². The molecule has 0 spiro atoms. The molecule has 0 aliphatic carbocycles. The van der Waals surface area contributed by atoms with Crippen molar-refractivity contribution >= 4 is 35.0 Å². The predicted octanol–water partition coefficient (Wildman–Crippen LogP) is 3.55. The molecule has 2 amide bonds. The van der Waals surface area contributed by atoms with Gasteiger partial charge in [0, 0.05) is 36.1 Å². The molecule has 4 aromatic rings. The van der Waals surface area contributed by atoms with Crippen LogP contribution in [0.4, 0.5) is 0 Å². The lowest BCUT2D eigenvalue weighted by atomic mass is 10.1. The molecular weight excluding hydrogens is 444 g/mol. The van der Waals surface area contributed by atoms with Crippen LogP contribution in [0.25, 0.3) is 5.65 Å². The number of pyridine rings is 1. The average molecular weight is 463 g/mol.